The minimum atomic E-state index is -1.93. The van der Waals surface area contributed by atoms with E-state index in [0.29, 0.717) is 22.4 Å². The van der Waals surface area contributed by atoms with Crippen molar-refractivity contribution < 1.29 is 9.53 Å². The lowest BCUT2D eigenvalue weighted by Gasteiger charge is -2.42. The highest BCUT2D eigenvalue weighted by Crippen LogP contribution is 2.43. The molecule has 0 aromatic heterocycles. The second kappa shape index (κ2) is 9.12. The molecule has 2 nitrogen and oxygen atoms in total. The van der Waals surface area contributed by atoms with Gasteiger partial charge >= 0.3 is 0 Å². The second-order valence-corrected chi connectivity index (χ2v) is 12.8. The quantitative estimate of drug-likeness (QED) is 0.327. The number of benzene rings is 1. The number of phenolic OH excluding ortho intramolecular Hbond substituents is 1. The summed E-state index contributed by atoms with van der Waals surface area (Å²) in [6, 6.07) is 7.37. The fourth-order valence-electron chi connectivity index (χ4n) is 3.72. The first kappa shape index (κ1) is 20.6. The number of rotatable bonds is 8. The lowest BCUT2D eigenvalue weighted by Crippen LogP contribution is -2.47. The van der Waals surface area contributed by atoms with Gasteiger partial charge in [-0.05, 0) is 59.8 Å². The van der Waals surface area contributed by atoms with Crippen molar-refractivity contribution in [3.05, 3.63) is 53.8 Å². The SMILES string of the molecule is C/C=C/C(=C/Cc1ccc(O)cc1)O[Si](C(C)C)(C(C)C)C(C)C. The van der Waals surface area contributed by atoms with Crippen LogP contribution in [0.5, 0.6) is 5.75 Å². The maximum absolute atomic E-state index is 9.41. The molecule has 0 saturated carbocycles. The van der Waals surface area contributed by atoms with E-state index in [9.17, 15) is 5.11 Å². The molecule has 1 aromatic rings. The summed E-state index contributed by atoms with van der Waals surface area (Å²) in [5, 5.41) is 9.41. The molecule has 1 N–H and O–H groups in total. The molecular weight excluding hydrogens is 312 g/mol. The van der Waals surface area contributed by atoms with Crippen molar-refractivity contribution in [1.29, 1.82) is 0 Å². The van der Waals surface area contributed by atoms with Crippen molar-refractivity contribution in [2.45, 2.75) is 71.5 Å². The summed E-state index contributed by atoms with van der Waals surface area (Å²) in [5.41, 5.74) is 2.84. The van der Waals surface area contributed by atoms with E-state index in [1.54, 1.807) is 12.1 Å². The Morgan fingerprint density at radius 1 is 1.00 bits per heavy atom. The zero-order chi connectivity index (χ0) is 18.3. The first-order chi connectivity index (χ1) is 11.2. The minimum absolute atomic E-state index is 0.304. The van der Waals surface area contributed by atoms with Crippen molar-refractivity contribution >= 4 is 8.32 Å². The molecule has 134 valence electrons. The third-order valence-electron chi connectivity index (χ3n) is 4.81. The molecule has 0 fully saturated rings. The molecule has 24 heavy (non-hydrogen) atoms. The van der Waals surface area contributed by atoms with Crippen molar-refractivity contribution in [2.75, 3.05) is 0 Å². The average Bonchev–Trinajstić information content (AvgIpc) is 2.50. The van der Waals surface area contributed by atoms with E-state index in [1.807, 2.05) is 25.1 Å². The van der Waals surface area contributed by atoms with Crippen molar-refractivity contribution in [2.24, 2.45) is 0 Å². The Morgan fingerprint density at radius 3 is 1.92 bits per heavy atom. The highest BCUT2D eigenvalue weighted by Gasteiger charge is 2.47. The predicted octanol–water partition coefficient (Wildman–Crippen LogP) is 6.59. The number of hydrogen-bond acceptors (Lipinski definition) is 2. The third-order valence-corrected chi connectivity index (χ3v) is 10.8. The molecule has 0 radical (unpaired) electrons. The summed E-state index contributed by atoms with van der Waals surface area (Å²) in [5.74, 6) is 1.28. The van der Waals surface area contributed by atoms with Gasteiger partial charge in [0, 0.05) is 0 Å². The normalized spacial score (nSPS) is 13.5. The summed E-state index contributed by atoms with van der Waals surface area (Å²) in [6.45, 7) is 15.9. The van der Waals surface area contributed by atoms with Gasteiger partial charge < -0.3 is 9.53 Å². The predicted molar refractivity (Wildman–Crippen MR) is 107 cm³/mol. The number of aromatic hydroxyl groups is 1. The maximum atomic E-state index is 9.41. The Hall–Kier alpha value is -1.48. The summed E-state index contributed by atoms with van der Waals surface area (Å²) in [7, 11) is -1.93. The van der Waals surface area contributed by atoms with E-state index in [2.05, 4.69) is 53.7 Å². The lowest BCUT2D eigenvalue weighted by molar-refractivity contribution is 0.385. The standard InChI is InChI=1S/C21H34O2Si/c1-8-9-21(15-12-19-10-13-20(22)14-11-19)23-24(16(2)3,17(4)5)18(6)7/h8-11,13-18,22H,12H2,1-7H3/b9-8+,21-15-. The first-order valence-electron chi connectivity index (χ1n) is 9.03. The van der Waals surface area contributed by atoms with E-state index < -0.39 is 8.32 Å². The number of allylic oxidation sites excluding steroid dienone is 3. The molecule has 0 aliphatic heterocycles. The smallest absolute Gasteiger partial charge is 0.258 e. The molecule has 0 heterocycles. The van der Waals surface area contributed by atoms with Crippen LogP contribution < -0.4 is 0 Å². The summed E-state index contributed by atoms with van der Waals surface area (Å²) < 4.78 is 6.77. The third kappa shape index (κ3) is 5.00. The van der Waals surface area contributed by atoms with Crippen LogP contribution in [0.1, 0.15) is 54.0 Å². The van der Waals surface area contributed by atoms with Crippen LogP contribution in [-0.4, -0.2) is 13.4 Å². The lowest BCUT2D eigenvalue weighted by atomic mass is 10.1. The highest BCUT2D eigenvalue weighted by atomic mass is 28.4. The van der Waals surface area contributed by atoms with Crippen molar-refractivity contribution in [1.82, 2.24) is 0 Å². The second-order valence-electron chi connectivity index (χ2n) is 7.40. The minimum Gasteiger partial charge on any atom is -0.543 e. The molecule has 3 heteroatoms. The van der Waals surface area contributed by atoms with Crippen LogP contribution in [-0.2, 0) is 10.8 Å². The molecule has 0 aliphatic rings. The molecule has 0 bridgehead atoms. The Bertz CT molecular complexity index is 532. The summed E-state index contributed by atoms with van der Waals surface area (Å²) in [6.07, 6.45) is 7.10. The van der Waals surface area contributed by atoms with E-state index >= 15 is 0 Å². The fourth-order valence-corrected chi connectivity index (χ4v) is 8.98. The van der Waals surface area contributed by atoms with Crippen LogP contribution in [0.15, 0.2) is 48.3 Å². The zero-order valence-corrected chi connectivity index (χ0v) is 17.3. The Kier molecular flexibility index (Phi) is 7.81. The molecule has 0 unspecified atom stereocenters. The van der Waals surface area contributed by atoms with E-state index in [1.165, 1.54) is 5.56 Å². The van der Waals surface area contributed by atoms with E-state index in [-0.39, 0.29) is 0 Å². The largest absolute Gasteiger partial charge is 0.543 e. The zero-order valence-electron chi connectivity index (χ0n) is 16.3. The fraction of sp³-hybridized carbons (Fsp3) is 0.524. The van der Waals surface area contributed by atoms with Crippen LogP contribution in [0.25, 0.3) is 0 Å². The molecule has 1 rings (SSSR count). The average molecular weight is 347 g/mol. The monoisotopic (exact) mass is 346 g/mol. The number of hydrogen-bond donors (Lipinski definition) is 1. The molecule has 0 aliphatic carbocycles. The van der Waals surface area contributed by atoms with Gasteiger partial charge in [-0.15, -0.1) is 0 Å². The topological polar surface area (TPSA) is 29.5 Å². The molecule has 0 amide bonds. The molecule has 0 atom stereocenters. The van der Waals surface area contributed by atoms with Crippen LogP contribution >= 0.6 is 0 Å². The Labute approximate surface area is 149 Å². The van der Waals surface area contributed by atoms with Gasteiger partial charge in [0.05, 0.1) is 5.76 Å². The van der Waals surface area contributed by atoms with Gasteiger partial charge in [-0.25, -0.2) is 0 Å². The maximum Gasteiger partial charge on any atom is 0.258 e. The van der Waals surface area contributed by atoms with Crippen LogP contribution in [0.4, 0.5) is 0 Å². The van der Waals surface area contributed by atoms with Gasteiger partial charge in [-0.3, -0.25) is 0 Å². The number of phenols is 1. The summed E-state index contributed by atoms with van der Waals surface area (Å²) in [4.78, 5) is 0. The van der Waals surface area contributed by atoms with Crippen molar-refractivity contribution in [3.63, 3.8) is 0 Å². The van der Waals surface area contributed by atoms with Crippen LogP contribution in [0, 0.1) is 0 Å². The van der Waals surface area contributed by atoms with Gasteiger partial charge in [0.25, 0.3) is 8.32 Å². The van der Waals surface area contributed by atoms with Crippen LogP contribution in [0.3, 0.4) is 0 Å². The first-order valence-corrected chi connectivity index (χ1v) is 11.2. The Balaban J connectivity index is 3.09. The van der Waals surface area contributed by atoms with Gasteiger partial charge in [-0.2, -0.15) is 0 Å². The van der Waals surface area contributed by atoms with Crippen molar-refractivity contribution in [3.8, 4) is 5.75 Å². The van der Waals surface area contributed by atoms with Crippen LogP contribution in [0.2, 0.25) is 16.6 Å². The van der Waals surface area contributed by atoms with Gasteiger partial charge in [0.1, 0.15) is 5.75 Å². The van der Waals surface area contributed by atoms with Gasteiger partial charge in [0.2, 0.25) is 0 Å². The Morgan fingerprint density at radius 2 is 1.50 bits per heavy atom. The molecular formula is C21H34O2Si. The highest BCUT2D eigenvalue weighted by molar-refractivity contribution is 6.77. The van der Waals surface area contributed by atoms with Gasteiger partial charge in [-0.1, -0.05) is 59.8 Å². The molecule has 0 spiro atoms. The van der Waals surface area contributed by atoms with E-state index in [4.69, 9.17) is 4.43 Å². The van der Waals surface area contributed by atoms with E-state index in [0.717, 1.165) is 12.2 Å². The molecule has 1 aromatic carbocycles. The molecule has 0 saturated heterocycles. The summed E-state index contributed by atoms with van der Waals surface area (Å²) >= 11 is 0. The van der Waals surface area contributed by atoms with Gasteiger partial charge in [0.15, 0.2) is 0 Å².